The second kappa shape index (κ2) is 9.66. The highest BCUT2D eigenvalue weighted by Crippen LogP contribution is 2.31. The summed E-state index contributed by atoms with van der Waals surface area (Å²) in [7, 11) is 0. The highest BCUT2D eigenvalue weighted by atomic mass is 16.6. The molecule has 2 aromatic carbocycles. The fourth-order valence-corrected chi connectivity index (χ4v) is 3.54. The Morgan fingerprint density at radius 1 is 1.00 bits per heavy atom. The van der Waals surface area contributed by atoms with E-state index in [1.807, 2.05) is 0 Å². The van der Waals surface area contributed by atoms with Crippen LogP contribution >= 0.6 is 0 Å². The largest absolute Gasteiger partial charge is 0.459 e. The van der Waals surface area contributed by atoms with Gasteiger partial charge in [0.15, 0.2) is 0 Å². The summed E-state index contributed by atoms with van der Waals surface area (Å²) >= 11 is 0. The van der Waals surface area contributed by atoms with Gasteiger partial charge in [0.2, 0.25) is 0 Å². The minimum atomic E-state index is -0.818. The van der Waals surface area contributed by atoms with E-state index < -0.39 is 41.6 Å². The van der Waals surface area contributed by atoms with E-state index >= 15 is 0 Å². The topological polar surface area (TPSA) is 117 Å². The van der Waals surface area contributed by atoms with Crippen LogP contribution in [0.4, 0.5) is 0 Å². The van der Waals surface area contributed by atoms with Crippen LogP contribution in [0.2, 0.25) is 0 Å². The summed E-state index contributed by atoms with van der Waals surface area (Å²) in [5.41, 5.74) is -0.0781. The van der Waals surface area contributed by atoms with Crippen molar-refractivity contribution < 1.29 is 23.8 Å². The summed E-state index contributed by atoms with van der Waals surface area (Å²) in [5, 5.41) is 0. The van der Waals surface area contributed by atoms with Crippen molar-refractivity contribution in [1.29, 1.82) is 0 Å². The number of nitrogens with zero attached hydrogens (tertiary/aromatic N) is 1. The molecule has 0 saturated carbocycles. The Kier molecular flexibility index (Phi) is 6.50. The predicted octanol–water partition coefficient (Wildman–Crippen LogP) is 2.22. The second-order valence-electron chi connectivity index (χ2n) is 7.62. The third kappa shape index (κ3) is 5.09. The Labute approximate surface area is 188 Å². The van der Waals surface area contributed by atoms with Crippen molar-refractivity contribution in [2.45, 2.75) is 31.8 Å². The summed E-state index contributed by atoms with van der Waals surface area (Å²) in [6.07, 6.45) is -0.889. The van der Waals surface area contributed by atoms with E-state index in [-0.39, 0.29) is 13.0 Å². The first kappa shape index (κ1) is 22.2. The van der Waals surface area contributed by atoms with Crippen molar-refractivity contribution in [2.75, 3.05) is 6.61 Å². The monoisotopic (exact) mass is 450 g/mol. The Bertz CT molecular complexity index is 1250. The third-order valence-electron chi connectivity index (χ3n) is 5.29. The summed E-state index contributed by atoms with van der Waals surface area (Å²) in [6, 6.07) is 16.9. The number of aryl methyl sites for hydroxylation is 1. The SMILES string of the molecule is Cc1cn(C2C[C@@H](OC(=O)c3ccccc3)[C@H](COC(=O)c3ccccc3)O2)c(=O)[nH]c1=O. The maximum Gasteiger partial charge on any atom is 0.338 e. The molecule has 9 heteroatoms. The fourth-order valence-electron chi connectivity index (χ4n) is 3.54. The van der Waals surface area contributed by atoms with E-state index in [9.17, 15) is 19.2 Å². The zero-order valence-electron chi connectivity index (χ0n) is 17.8. The maximum atomic E-state index is 12.6. The van der Waals surface area contributed by atoms with E-state index in [4.69, 9.17) is 14.2 Å². The number of hydrogen-bond donors (Lipinski definition) is 1. The van der Waals surface area contributed by atoms with Gasteiger partial charge >= 0.3 is 17.6 Å². The molecule has 2 heterocycles. The van der Waals surface area contributed by atoms with E-state index in [0.29, 0.717) is 16.7 Å². The molecule has 0 spiro atoms. The number of esters is 2. The zero-order valence-corrected chi connectivity index (χ0v) is 17.8. The number of nitrogens with one attached hydrogen (secondary N) is 1. The first-order valence-corrected chi connectivity index (χ1v) is 10.4. The number of H-pyrrole nitrogens is 1. The maximum absolute atomic E-state index is 12.6. The molecule has 1 aromatic heterocycles. The van der Waals surface area contributed by atoms with Gasteiger partial charge in [-0.2, -0.15) is 0 Å². The van der Waals surface area contributed by atoms with Gasteiger partial charge in [0, 0.05) is 18.2 Å². The lowest BCUT2D eigenvalue weighted by Crippen LogP contribution is -2.33. The highest BCUT2D eigenvalue weighted by Gasteiger charge is 2.40. The number of hydrogen-bond acceptors (Lipinski definition) is 7. The van der Waals surface area contributed by atoms with Crippen LogP contribution in [0.5, 0.6) is 0 Å². The van der Waals surface area contributed by atoms with E-state index in [1.165, 1.54) is 10.8 Å². The molecule has 1 unspecified atom stereocenters. The Balaban J connectivity index is 1.53. The lowest BCUT2D eigenvalue weighted by Gasteiger charge is -2.19. The first-order valence-electron chi connectivity index (χ1n) is 10.4. The Hall–Kier alpha value is -3.98. The van der Waals surface area contributed by atoms with Crippen LogP contribution in [0.25, 0.3) is 0 Å². The molecule has 0 amide bonds. The van der Waals surface area contributed by atoms with Crippen molar-refractivity contribution in [3.63, 3.8) is 0 Å². The van der Waals surface area contributed by atoms with E-state index in [1.54, 1.807) is 67.6 Å². The molecule has 0 aliphatic carbocycles. The van der Waals surface area contributed by atoms with Gasteiger partial charge in [0.25, 0.3) is 5.56 Å². The van der Waals surface area contributed by atoms with Crippen LogP contribution in [-0.4, -0.2) is 40.3 Å². The third-order valence-corrected chi connectivity index (χ3v) is 5.29. The molecule has 3 aromatic rings. The van der Waals surface area contributed by atoms with Crippen molar-refractivity contribution in [3.8, 4) is 0 Å². The molecule has 0 bridgehead atoms. The zero-order chi connectivity index (χ0) is 23.4. The minimum absolute atomic E-state index is 0.136. The molecule has 1 saturated heterocycles. The first-order chi connectivity index (χ1) is 15.9. The second-order valence-corrected chi connectivity index (χ2v) is 7.62. The molecule has 3 atom stereocenters. The van der Waals surface area contributed by atoms with Crippen LogP contribution < -0.4 is 11.2 Å². The number of carbonyl (C=O) groups is 2. The molecule has 4 rings (SSSR count). The molecule has 0 radical (unpaired) electrons. The number of aromatic amines is 1. The number of aromatic nitrogens is 2. The van der Waals surface area contributed by atoms with Gasteiger partial charge in [-0.15, -0.1) is 0 Å². The standard InChI is InChI=1S/C24H22N2O7/c1-15-13-26(24(30)25-21(15)27)20-12-18(33-23(29)17-10-6-3-7-11-17)19(32-20)14-31-22(28)16-8-4-2-5-9-16/h2-11,13,18-20H,12,14H2,1H3,(H,25,27,30)/t18-,19+,20?/m1/s1. The normalized spacial score (nSPS) is 19.7. The van der Waals surface area contributed by atoms with Crippen molar-refractivity contribution >= 4 is 11.9 Å². The van der Waals surface area contributed by atoms with Gasteiger partial charge in [-0.1, -0.05) is 36.4 Å². The molecular weight excluding hydrogens is 428 g/mol. The van der Waals surface area contributed by atoms with Gasteiger partial charge in [-0.05, 0) is 31.2 Å². The van der Waals surface area contributed by atoms with Crippen LogP contribution in [0.15, 0.2) is 76.4 Å². The van der Waals surface area contributed by atoms with Crippen molar-refractivity contribution in [3.05, 3.63) is 104 Å². The average Bonchev–Trinajstić information content (AvgIpc) is 3.23. The Morgan fingerprint density at radius 2 is 1.61 bits per heavy atom. The molecule has 1 aliphatic rings. The van der Waals surface area contributed by atoms with Gasteiger partial charge in [-0.25, -0.2) is 14.4 Å². The number of ether oxygens (including phenoxy) is 3. The molecule has 33 heavy (non-hydrogen) atoms. The van der Waals surface area contributed by atoms with Crippen LogP contribution in [0.3, 0.4) is 0 Å². The van der Waals surface area contributed by atoms with Crippen molar-refractivity contribution in [1.82, 2.24) is 9.55 Å². The van der Waals surface area contributed by atoms with Gasteiger partial charge in [-0.3, -0.25) is 14.3 Å². The van der Waals surface area contributed by atoms with Crippen molar-refractivity contribution in [2.24, 2.45) is 0 Å². The smallest absolute Gasteiger partial charge is 0.338 e. The lowest BCUT2D eigenvalue weighted by molar-refractivity contribution is -0.0582. The molecule has 1 aliphatic heterocycles. The molecule has 9 nitrogen and oxygen atoms in total. The van der Waals surface area contributed by atoms with Crippen LogP contribution in [0, 0.1) is 6.92 Å². The summed E-state index contributed by atoms with van der Waals surface area (Å²) in [5.74, 6) is -1.11. The molecule has 170 valence electrons. The predicted molar refractivity (Wildman–Crippen MR) is 117 cm³/mol. The molecular formula is C24H22N2O7. The highest BCUT2D eigenvalue weighted by molar-refractivity contribution is 5.90. The summed E-state index contributed by atoms with van der Waals surface area (Å²) < 4.78 is 18.2. The van der Waals surface area contributed by atoms with E-state index in [0.717, 1.165) is 0 Å². The average molecular weight is 450 g/mol. The van der Waals surface area contributed by atoms with Gasteiger partial charge in [0.05, 0.1) is 11.1 Å². The fraction of sp³-hybridized carbons (Fsp3) is 0.250. The lowest BCUT2D eigenvalue weighted by atomic mass is 10.1. The minimum Gasteiger partial charge on any atom is -0.459 e. The van der Waals surface area contributed by atoms with Crippen LogP contribution in [0.1, 0.15) is 38.9 Å². The Morgan fingerprint density at radius 3 is 2.24 bits per heavy atom. The molecule has 1 N–H and O–H groups in total. The molecule has 1 fully saturated rings. The van der Waals surface area contributed by atoms with Crippen LogP contribution in [-0.2, 0) is 14.2 Å². The van der Waals surface area contributed by atoms with E-state index in [2.05, 4.69) is 4.98 Å². The number of carbonyl (C=O) groups excluding carboxylic acids is 2. The summed E-state index contributed by atoms with van der Waals surface area (Å²) in [6.45, 7) is 1.38. The number of benzene rings is 2. The quantitative estimate of drug-likeness (QED) is 0.572. The van der Waals surface area contributed by atoms with Gasteiger partial charge < -0.3 is 14.2 Å². The van der Waals surface area contributed by atoms with Gasteiger partial charge in [0.1, 0.15) is 25.0 Å². The number of rotatable bonds is 6. The summed E-state index contributed by atoms with van der Waals surface area (Å²) in [4.78, 5) is 51.2.